The van der Waals surface area contributed by atoms with Gasteiger partial charge in [-0.25, -0.2) is 0 Å². The molecule has 0 aromatic rings. The monoisotopic (exact) mass is 93.0 g/mol. The van der Waals surface area contributed by atoms with Crippen molar-refractivity contribution < 1.29 is 28.8 Å². The standard InChI is InChI=1S/C3H4NO2.Li/c4-2-1-3(5)6;/h4H,1H2,(H,5,6);/q-1;+1. The van der Waals surface area contributed by atoms with Gasteiger partial charge in [0.25, 0.3) is 5.97 Å². The molecule has 7 heavy (non-hydrogen) atoms. The molecule has 0 aliphatic heterocycles. The van der Waals surface area contributed by atoms with Crippen LogP contribution in [-0.2, 0) is 4.79 Å². The molecule has 0 radical (unpaired) electrons. The summed E-state index contributed by atoms with van der Waals surface area (Å²) in [5.74, 6) is -1.01. The van der Waals surface area contributed by atoms with Gasteiger partial charge in [0.2, 0.25) is 0 Å². The van der Waals surface area contributed by atoms with Gasteiger partial charge in [-0.15, -0.1) is 0 Å². The first-order valence-electron chi connectivity index (χ1n) is 1.38. The molecule has 0 aromatic heterocycles. The predicted molar refractivity (Wildman–Crippen MR) is 20.0 cm³/mol. The molecule has 0 saturated heterocycles. The third-order valence-corrected chi connectivity index (χ3v) is 0.240. The van der Waals surface area contributed by atoms with Crippen LogP contribution in [0.3, 0.4) is 0 Å². The number of rotatable bonds is 2. The van der Waals surface area contributed by atoms with Crippen LogP contribution in [0.1, 0.15) is 6.42 Å². The molecule has 2 N–H and O–H groups in total. The topological polar surface area (TPSA) is 61.2 Å². The number of carboxylic acid groups (broad SMARTS) is 1. The quantitative estimate of drug-likeness (QED) is 0.217. The maximum Gasteiger partial charge on any atom is 1.00 e. The second-order valence-electron chi connectivity index (χ2n) is 0.747. The molecule has 0 aromatic carbocycles. The minimum Gasteiger partial charge on any atom is -0.518 e. The van der Waals surface area contributed by atoms with E-state index in [1.807, 2.05) is 0 Å². The minimum atomic E-state index is -1.01. The Labute approximate surface area is 53.4 Å². The first-order chi connectivity index (χ1) is 2.77. The molecule has 0 spiro atoms. The molecule has 0 unspecified atom stereocenters. The van der Waals surface area contributed by atoms with E-state index in [-0.39, 0.29) is 25.3 Å². The molecule has 4 heteroatoms. The molecule has 0 bridgehead atoms. The maximum absolute atomic E-state index is 9.42. The fraction of sp³-hybridized carbons (Fsp3) is 0.333. The van der Waals surface area contributed by atoms with Crippen LogP contribution in [0, 0.1) is 5.41 Å². The Kier molecular flexibility index (Phi) is 8.10. The summed E-state index contributed by atoms with van der Waals surface area (Å²) in [6.45, 7) is 0. The average molecular weight is 93.0 g/mol. The van der Waals surface area contributed by atoms with Gasteiger partial charge in [0.1, 0.15) is 0 Å². The Bertz CT molecular complexity index is 73.3. The van der Waals surface area contributed by atoms with Crippen LogP contribution in [0.2, 0.25) is 0 Å². The van der Waals surface area contributed by atoms with Crippen molar-refractivity contribution in [3.63, 3.8) is 0 Å². The number of carbonyl (C=O) groups is 1. The van der Waals surface area contributed by atoms with Crippen LogP contribution < -0.4 is 18.9 Å². The van der Waals surface area contributed by atoms with Crippen LogP contribution in [0.25, 0.3) is 0 Å². The molecule has 0 fully saturated rings. The van der Waals surface area contributed by atoms with Crippen molar-refractivity contribution in [3.8, 4) is 0 Å². The van der Waals surface area contributed by atoms with Crippen molar-refractivity contribution in [3.05, 3.63) is 0 Å². The van der Waals surface area contributed by atoms with Gasteiger partial charge in [-0.1, -0.05) is 6.42 Å². The van der Waals surface area contributed by atoms with E-state index in [9.17, 15) is 4.79 Å². The first-order valence-corrected chi connectivity index (χ1v) is 1.38. The van der Waals surface area contributed by atoms with E-state index < -0.39 is 5.97 Å². The Morgan fingerprint density at radius 1 is 1.86 bits per heavy atom. The summed E-state index contributed by atoms with van der Waals surface area (Å²) in [7, 11) is 0. The molecule has 3 nitrogen and oxygen atoms in total. The van der Waals surface area contributed by atoms with E-state index in [2.05, 4.69) is 0 Å². The zero-order chi connectivity index (χ0) is 4.99. The number of hydrogen-bond donors (Lipinski definition) is 2. The van der Waals surface area contributed by atoms with Crippen molar-refractivity contribution in [1.29, 1.82) is 5.41 Å². The van der Waals surface area contributed by atoms with Crippen LogP contribution >= 0.6 is 0 Å². The summed E-state index contributed by atoms with van der Waals surface area (Å²) in [4.78, 5) is 9.42. The van der Waals surface area contributed by atoms with Crippen LogP contribution in [-0.4, -0.2) is 17.3 Å². The molecular formula is C3H4LiNO2. The molecule has 0 atom stereocenters. The molecule has 0 aliphatic carbocycles. The van der Waals surface area contributed by atoms with Crippen molar-refractivity contribution in [2.24, 2.45) is 0 Å². The largest absolute Gasteiger partial charge is 1.00 e. The SMILES string of the molecule is N=[C-]CC(=O)O.[Li+]. The maximum atomic E-state index is 9.42. The van der Waals surface area contributed by atoms with Gasteiger partial charge < -0.3 is 16.7 Å². The summed E-state index contributed by atoms with van der Waals surface area (Å²) >= 11 is 0. The Balaban J connectivity index is 0. The number of aliphatic carboxylic acids is 1. The predicted octanol–water partition coefficient (Wildman–Crippen LogP) is -3.01. The Hall–Kier alpha value is -0.263. The van der Waals surface area contributed by atoms with Crippen LogP contribution in [0.15, 0.2) is 0 Å². The van der Waals surface area contributed by atoms with Gasteiger partial charge in [-0.3, -0.25) is 4.79 Å². The molecule has 0 rings (SSSR count). The second kappa shape index (κ2) is 5.74. The summed E-state index contributed by atoms with van der Waals surface area (Å²) in [6, 6.07) is 0. The zero-order valence-electron chi connectivity index (χ0n) is 4.06. The third kappa shape index (κ3) is 10.7. The van der Waals surface area contributed by atoms with E-state index in [4.69, 9.17) is 10.5 Å². The molecule has 0 saturated carbocycles. The van der Waals surface area contributed by atoms with Gasteiger partial charge in [-0.05, 0) is 0 Å². The van der Waals surface area contributed by atoms with Crippen molar-refractivity contribution in [2.75, 3.05) is 0 Å². The number of hydrogen-bond acceptors (Lipinski definition) is 2. The molecule has 0 heterocycles. The molecule has 0 aliphatic rings. The van der Waals surface area contributed by atoms with Gasteiger partial charge >= 0.3 is 18.9 Å². The zero-order valence-corrected chi connectivity index (χ0v) is 4.06. The van der Waals surface area contributed by atoms with Gasteiger partial charge in [-0.2, -0.15) is 0 Å². The van der Waals surface area contributed by atoms with E-state index in [0.29, 0.717) is 0 Å². The average Bonchev–Trinajstić information content (AvgIpc) is 1.35. The molecule has 0 amide bonds. The summed E-state index contributed by atoms with van der Waals surface area (Å²) < 4.78 is 0. The smallest absolute Gasteiger partial charge is 0.518 e. The second-order valence-corrected chi connectivity index (χ2v) is 0.747. The fourth-order valence-corrected chi connectivity index (χ4v) is 0.0756. The summed E-state index contributed by atoms with van der Waals surface area (Å²) in [6.07, 6.45) is 1.43. The van der Waals surface area contributed by atoms with Crippen molar-refractivity contribution >= 4 is 12.2 Å². The van der Waals surface area contributed by atoms with E-state index >= 15 is 0 Å². The van der Waals surface area contributed by atoms with Gasteiger partial charge in [0, 0.05) is 0 Å². The van der Waals surface area contributed by atoms with Gasteiger partial charge in [0.15, 0.2) is 0 Å². The first kappa shape index (κ1) is 9.88. The summed E-state index contributed by atoms with van der Waals surface area (Å²) in [5, 5.41) is 13.8. The Morgan fingerprint density at radius 3 is 2.29 bits per heavy atom. The molecular weight excluding hydrogens is 89.0 g/mol. The van der Waals surface area contributed by atoms with Crippen molar-refractivity contribution in [2.45, 2.75) is 6.42 Å². The van der Waals surface area contributed by atoms with Crippen molar-refractivity contribution in [1.82, 2.24) is 0 Å². The Morgan fingerprint density at radius 2 is 2.29 bits per heavy atom. The van der Waals surface area contributed by atoms with Gasteiger partial charge in [0.05, 0.1) is 0 Å². The number of nitrogens with one attached hydrogen (secondary N) is 1. The number of carboxylic acids is 1. The summed E-state index contributed by atoms with van der Waals surface area (Å²) in [5.41, 5.74) is 0. The molecule has 34 valence electrons. The fourth-order valence-electron chi connectivity index (χ4n) is 0.0756. The van der Waals surface area contributed by atoms with E-state index in [1.54, 1.807) is 6.21 Å². The minimum absolute atomic E-state index is 0. The normalized spacial score (nSPS) is 6.29. The van der Waals surface area contributed by atoms with E-state index in [1.165, 1.54) is 0 Å². The van der Waals surface area contributed by atoms with E-state index in [0.717, 1.165) is 0 Å². The van der Waals surface area contributed by atoms with Crippen LogP contribution in [0.5, 0.6) is 0 Å². The van der Waals surface area contributed by atoms with Crippen LogP contribution in [0.4, 0.5) is 0 Å². The third-order valence-electron chi connectivity index (χ3n) is 0.240.